The summed E-state index contributed by atoms with van der Waals surface area (Å²) in [5.41, 5.74) is 1.94. The lowest BCUT2D eigenvalue weighted by molar-refractivity contribution is -0.121. The Morgan fingerprint density at radius 3 is 2.33 bits per heavy atom. The van der Waals surface area contributed by atoms with Crippen LogP contribution in [0.2, 0.25) is 0 Å². The SMILES string of the molecule is Cc1ccc(C(=O)Nc2ccc(C)n(CC(=O)NCCC(C)C)c2=O)cc1. The molecule has 0 aliphatic rings. The van der Waals surface area contributed by atoms with Crippen LogP contribution in [0.4, 0.5) is 5.69 Å². The number of anilines is 1. The number of aromatic nitrogens is 1. The number of nitrogens with one attached hydrogen (secondary N) is 2. The van der Waals surface area contributed by atoms with Crippen LogP contribution in [-0.2, 0) is 11.3 Å². The number of rotatable bonds is 7. The molecule has 0 spiro atoms. The lowest BCUT2D eigenvalue weighted by atomic mass is 10.1. The highest BCUT2D eigenvalue weighted by Crippen LogP contribution is 2.08. The van der Waals surface area contributed by atoms with Crippen molar-refractivity contribution in [3.63, 3.8) is 0 Å². The summed E-state index contributed by atoms with van der Waals surface area (Å²) in [7, 11) is 0. The normalized spacial score (nSPS) is 10.7. The van der Waals surface area contributed by atoms with Gasteiger partial charge in [-0.1, -0.05) is 31.5 Å². The van der Waals surface area contributed by atoms with Crippen molar-refractivity contribution in [2.24, 2.45) is 5.92 Å². The second-order valence-corrected chi connectivity index (χ2v) is 7.13. The zero-order valence-corrected chi connectivity index (χ0v) is 16.3. The number of pyridine rings is 1. The van der Waals surface area contributed by atoms with E-state index < -0.39 is 5.56 Å². The Morgan fingerprint density at radius 2 is 1.70 bits per heavy atom. The zero-order chi connectivity index (χ0) is 20.0. The largest absolute Gasteiger partial charge is 0.355 e. The van der Waals surface area contributed by atoms with Crippen molar-refractivity contribution < 1.29 is 9.59 Å². The maximum atomic E-state index is 12.7. The molecule has 2 amide bonds. The molecule has 1 aromatic carbocycles. The minimum Gasteiger partial charge on any atom is -0.355 e. The molecule has 27 heavy (non-hydrogen) atoms. The van der Waals surface area contributed by atoms with Crippen LogP contribution in [0, 0.1) is 19.8 Å². The molecule has 2 rings (SSSR count). The van der Waals surface area contributed by atoms with Crippen molar-refractivity contribution in [2.45, 2.75) is 40.7 Å². The summed E-state index contributed by atoms with van der Waals surface area (Å²) in [4.78, 5) is 37.2. The van der Waals surface area contributed by atoms with Crippen molar-refractivity contribution in [1.29, 1.82) is 0 Å². The van der Waals surface area contributed by atoms with E-state index in [1.807, 2.05) is 19.1 Å². The number of aryl methyl sites for hydroxylation is 2. The minimum atomic E-state index is -0.394. The molecule has 0 atom stereocenters. The standard InChI is InChI=1S/C21H27N3O3/c1-14(2)11-12-22-19(25)13-24-16(4)7-10-18(21(24)27)23-20(26)17-8-5-15(3)6-9-17/h5-10,14H,11-13H2,1-4H3,(H,22,25)(H,23,26). The van der Waals surface area contributed by atoms with Crippen LogP contribution in [0.25, 0.3) is 0 Å². The molecule has 0 aliphatic carbocycles. The van der Waals surface area contributed by atoms with Gasteiger partial charge in [0.15, 0.2) is 0 Å². The van der Waals surface area contributed by atoms with Crippen LogP contribution in [0.15, 0.2) is 41.2 Å². The molecule has 1 aromatic heterocycles. The zero-order valence-electron chi connectivity index (χ0n) is 16.3. The van der Waals surface area contributed by atoms with E-state index in [2.05, 4.69) is 24.5 Å². The molecule has 0 saturated carbocycles. The summed E-state index contributed by atoms with van der Waals surface area (Å²) in [5, 5.41) is 5.46. The monoisotopic (exact) mass is 369 g/mol. The van der Waals surface area contributed by atoms with Crippen molar-refractivity contribution in [3.8, 4) is 0 Å². The first kappa shape index (κ1) is 20.4. The lowest BCUT2D eigenvalue weighted by Crippen LogP contribution is -2.35. The Hall–Kier alpha value is -2.89. The van der Waals surface area contributed by atoms with Gasteiger partial charge in [-0.25, -0.2) is 0 Å². The van der Waals surface area contributed by atoms with Gasteiger partial charge in [0.25, 0.3) is 11.5 Å². The molecule has 2 N–H and O–H groups in total. The van der Waals surface area contributed by atoms with Gasteiger partial charge in [-0.3, -0.25) is 14.4 Å². The summed E-state index contributed by atoms with van der Waals surface area (Å²) >= 11 is 0. The predicted molar refractivity (Wildman–Crippen MR) is 107 cm³/mol. The molecule has 6 heteroatoms. The Labute approximate surface area is 159 Å². The van der Waals surface area contributed by atoms with Gasteiger partial charge in [0.2, 0.25) is 5.91 Å². The molecular formula is C21H27N3O3. The highest BCUT2D eigenvalue weighted by Gasteiger charge is 2.13. The molecule has 0 bridgehead atoms. The van der Waals surface area contributed by atoms with Crippen molar-refractivity contribution in [2.75, 3.05) is 11.9 Å². The van der Waals surface area contributed by atoms with Crippen molar-refractivity contribution in [3.05, 3.63) is 63.6 Å². The van der Waals surface area contributed by atoms with E-state index in [0.29, 0.717) is 23.7 Å². The highest BCUT2D eigenvalue weighted by molar-refractivity contribution is 6.04. The molecule has 0 fully saturated rings. The molecule has 0 radical (unpaired) electrons. The van der Waals surface area contributed by atoms with Crippen LogP contribution in [-0.4, -0.2) is 22.9 Å². The van der Waals surface area contributed by atoms with Crippen molar-refractivity contribution in [1.82, 2.24) is 9.88 Å². The highest BCUT2D eigenvalue weighted by atomic mass is 16.2. The quantitative estimate of drug-likeness (QED) is 0.787. The van der Waals surface area contributed by atoms with Gasteiger partial charge in [-0.15, -0.1) is 0 Å². The van der Waals surface area contributed by atoms with E-state index in [9.17, 15) is 14.4 Å². The average Bonchev–Trinajstić information content (AvgIpc) is 2.61. The first-order valence-electron chi connectivity index (χ1n) is 9.13. The number of hydrogen-bond donors (Lipinski definition) is 2. The molecule has 144 valence electrons. The minimum absolute atomic E-state index is 0.0724. The third-order valence-electron chi connectivity index (χ3n) is 4.30. The Morgan fingerprint density at radius 1 is 1.04 bits per heavy atom. The van der Waals surface area contributed by atoms with Gasteiger partial charge in [0.1, 0.15) is 12.2 Å². The maximum Gasteiger partial charge on any atom is 0.274 e. The molecule has 1 heterocycles. The van der Waals surface area contributed by atoms with Crippen molar-refractivity contribution >= 4 is 17.5 Å². The number of carbonyl (C=O) groups excluding carboxylic acids is 2. The smallest absolute Gasteiger partial charge is 0.274 e. The van der Waals surface area contributed by atoms with Gasteiger partial charge < -0.3 is 15.2 Å². The van der Waals surface area contributed by atoms with Crippen LogP contribution in [0.1, 0.15) is 41.9 Å². The topological polar surface area (TPSA) is 80.2 Å². The first-order valence-corrected chi connectivity index (χ1v) is 9.13. The van der Waals surface area contributed by atoms with Gasteiger partial charge in [0, 0.05) is 17.8 Å². The second kappa shape index (κ2) is 9.16. The van der Waals surface area contributed by atoms with E-state index in [1.54, 1.807) is 31.2 Å². The van der Waals surface area contributed by atoms with Crippen LogP contribution in [0.3, 0.4) is 0 Å². The number of carbonyl (C=O) groups is 2. The number of nitrogens with zero attached hydrogens (tertiary/aromatic N) is 1. The predicted octanol–water partition coefficient (Wildman–Crippen LogP) is 2.88. The van der Waals surface area contributed by atoms with E-state index in [-0.39, 0.29) is 24.0 Å². The summed E-state index contributed by atoms with van der Waals surface area (Å²) < 4.78 is 1.37. The summed E-state index contributed by atoms with van der Waals surface area (Å²) in [6.07, 6.45) is 0.881. The van der Waals surface area contributed by atoms with E-state index in [4.69, 9.17) is 0 Å². The van der Waals surface area contributed by atoms with E-state index >= 15 is 0 Å². The van der Waals surface area contributed by atoms with Gasteiger partial charge in [0.05, 0.1) is 0 Å². The van der Waals surface area contributed by atoms with Gasteiger partial charge in [-0.2, -0.15) is 0 Å². The molecule has 2 aromatic rings. The Balaban J connectivity index is 2.12. The maximum absolute atomic E-state index is 12.7. The van der Waals surface area contributed by atoms with Crippen LogP contribution >= 0.6 is 0 Å². The van der Waals surface area contributed by atoms with Gasteiger partial charge >= 0.3 is 0 Å². The van der Waals surface area contributed by atoms with E-state index in [0.717, 1.165) is 12.0 Å². The fourth-order valence-corrected chi connectivity index (χ4v) is 2.56. The Kier molecular flexibility index (Phi) is 6.93. The fraction of sp³-hybridized carbons (Fsp3) is 0.381. The fourth-order valence-electron chi connectivity index (χ4n) is 2.56. The average molecular weight is 369 g/mol. The molecule has 6 nitrogen and oxygen atoms in total. The van der Waals surface area contributed by atoms with Crippen LogP contribution in [0.5, 0.6) is 0 Å². The third-order valence-corrected chi connectivity index (χ3v) is 4.30. The number of amides is 2. The molecule has 0 unspecified atom stereocenters. The van der Waals surface area contributed by atoms with E-state index in [1.165, 1.54) is 4.57 Å². The number of hydrogen-bond acceptors (Lipinski definition) is 3. The lowest BCUT2D eigenvalue weighted by Gasteiger charge is -2.13. The van der Waals surface area contributed by atoms with Crippen LogP contribution < -0.4 is 16.2 Å². The van der Waals surface area contributed by atoms with Gasteiger partial charge in [-0.05, 0) is 50.5 Å². The second-order valence-electron chi connectivity index (χ2n) is 7.13. The summed E-state index contributed by atoms with van der Waals surface area (Å²) in [5.74, 6) is -0.0816. The first-order chi connectivity index (χ1) is 12.8. The molecule has 0 aliphatic heterocycles. The molecular weight excluding hydrogens is 342 g/mol. The third kappa shape index (κ3) is 5.81. The Bertz CT molecular complexity index is 867. The summed E-state index contributed by atoms with van der Waals surface area (Å²) in [6.45, 7) is 8.37. The molecule has 0 saturated heterocycles. The number of benzene rings is 1. The summed E-state index contributed by atoms with van der Waals surface area (Å²) in [6, 6.07) is 10.4.